The van der Waals surface area contributed by atoms with Crippen LogP contribution in [0.25, 0.3) is 0 Å². The Labute approximate surface area is 108 Å². The molecule has 0 N–H and O–H groups in total. The van der Waals surface area contributed by atoms with Gasteiger partial charge in [0.25, 0.3) is 0 Å². The molecule has 0 spiro atoms. The van der Waals surface area contributed by atoms with Crippen LogP contribution in [0, 0.1) is 5.82 Å². The Kier molecular flexibility index (Phi) is 3.85. The lowest BCUT2D eigenvalue weighted by Gasteiger charge is -2.13. The highest BCUT2D eigenvalue weighted by Gasteiger charge is 2.36. The second-order valence-corrected chi connectivity index (χ2v) is 7.36. The molecule has 0 aliphatic carbocycles. The molecule has 0 amide bonds. The van der Waals surface area contributed by atoms with Crippen molar-refractivity contribution in [2.45, 2.75) is 17.5 Å². The van der Waals surface area contributed by atoms with E-state index in [1.165, 1.54) is 6.07 Å². The third-order valence-electron chi connectivity index (χ3n) is 2.65. The number of hydrogen-bond acceptors (Lipinski definition) is 3. The quantitative estimate of drug-likeness (QED) is 0.798. The van der Waals surface area contributed by atoms with Crippen molar-refractivity contribution in [3.8, 4) is 0 Å². The summed E-state index contributed by atoms with van der Waals surface area (Å²) in [6.07, 6.45) is -0.403. The van der Waals surface area contributed by atoms with Crippen molar-refractivity contribution in [2.75, 3.05) is 11.5 Å². The highest BCUT2D eigenvalue weighted by atomic mass is 79.9. The van der Waals surface area contributed by atoms with Crippen molar-refractivity contribution in [2.24, 2.45) is 0 Å². The molecule has 0 radical (unpaired) electrons. The standard InChI is InChI=1S/C11H12BrFO3S/c12-9-6-17(14,15)7-11(9)16-5-8-3-1-2-4-10(8)13/h1-4,9,11H,5-7H2. The van der Waals surface area contributed by atoms with Gasteiger partial charge in [0.05, 0.1) is 29.0 Å². The minimum atomic E-state index is -3.02. The first-order valence-corrected chi connectivity index (χ1v) is 7.91. The number of sulfone groups is 1. The number of alkyl halides is 1. The van der Waals surface area contributed by atoms with Crippen LogP contribution in [-0.2, 0) is 21.2 Å². The lowest BCUT2D eigenvalue weighted by atomic mass is 10.2. The molecular weight excluding hydrogens is 311 g/mol. The summed E-state index contributed by atoms with van der Waals surface area (Å²) >= 11 is 3.27. The van der Waals surface area contributed by atoms with Gasteiger partial charge in [-0.25, -0.2) is 12.8 Å². The molecule has 94 valence electrons. The van der Waals surface area contributed by atoms with Crippen LogP contribution < -0.4 is 0 Å². The first-order chi connectivity index (χ1) is 7.98. The SMILES string of the molecule is O=S1(=O)CC(Br)C(OCc2ccccc2F)C1. The fourth-order valence-corrected chi connectivity index (χ4v) is 5.20. The van der Waals surface area contributed by atoms with Crippen molar-refractivity contribution in [1.82, 2.24) is 0 Å². The highest BCUT2D eigenvalue weighted by molar-refractivity contribution is 9.09. The van der Waals surface area contributed by atoms with Gasteiger partial charge >= 0.3 is 0 Å². The van der Waals surface area contributed by atoms with Crippen LogP contribution in [0.5, 0.6) is 0 Å². The predicted molar refractivity (Wildman–Crippen MR) is 66.3 cm³/mol. The van der Waals surface area contributed by atoms with Crippen LogP contribution in [0.3, 0.4) is 0 Å². The van der Waals surface area contributed by atoms with Gasteiger partial charge < -0.3 is 4.74 Å². The topological polar surface area (TPSA) is 43.4 Å². The molecule has 1 saturated heterocycles. The molecule has 1 aromatic carbocycles. The highest BCUT2D eigenvalue weighted by Crippen LogP contribution is 2.23. The zero-order chi connectivity index (χ0) is 12.5. The van der Waals surface area contributed by atoms with Crippen LogP contribution in [0.4, 0.5) is 4.39 Å². The molecule has 1 aliphatic rings. The minimum Gasteiger partial charge on any atom is -0.371 e. The molecule has 17 heavy (non-hydrogen) atoms. The van der Waals surface area contributed by atoms with E-state index in [9.17, 15) is 12.8 Å². The molecule has 3 nitrogen and oxygen atoms in total. The summed E-state index contributed by atoms with van der Waals surface area (Å²) in [4.78, 5) is -0.209. The molecule has 2 unspecified atom stereocenters. The van der Waals surface area contributed by atoms with E-state index in [1.807, 2.05) is 0 Å². The van der Waals surface area contributed by atoms with Gasteiger partial charge in [-0.1, -0.05) is 34.1 Å². The van der Waals surface area contributed by atoms with E-state index >= 15 is 0 Å². The summed E-state index contributed by atoms with van der Waals surface area (Å²) in [7, 11) is -3.02. The normalized spacial score (nSPS) is 27.2. The Balaban J connectivity index is 1.98. The molecule has 1 fully saturated rings. The van der Waals surface area contributed by atoms with Crippen molar-refractivity contribution >= 4 is 25.8 Å². The van der Waals surface area contributed by atoms with Gasteiger partial charge in [-0.2, -0.15) is 0 Å². The van der Waals surface area contributed by atoms with Gasteiger partial charge in [-0.15, -0.1) is 0 Å². The van der Waals surface area contributed by atoms with Gasteiger partial charge in [0, 0.05) is 5.56 Å². The van der Waals surface area contributed by atoms with E-state index in [1.54, 1.807) is 18.2 Å². The fraction of sp³-hybridized carbons (Fsp3) is 0.455. The van der Waals surface area contributed by atoms with Gasteiger partial charge in [-0.3, -0.25) is 0 Å². The second-order valence-electron chi connectivity index (χ2n) is 4.03. The molecule has 6 heteroatoms. The van der Waals surface area contributed by atoms with Crippen LogP contribution >= 0.6 is 15.9 Å². The summed E-state index contributed by atoms with van der Waals surface area (Å²) in [6.45, 7) is 0.0922. The third kappa shape index (κ3) is 3.26. The Morgan fingerprint density at radius 1 is 1.35 bits per heavy atom. The first kappa shape index (κ1) is 13.0. The molecule has 1 aromatic rings. The zero-order valence-electron chi connectivity index (χ0n) is 8.97. The molecular formula is C11H12BrFO3S. The van der Waals surface area contributed by atoms with Gasteiger partial charge in [0.15, 0.2) is 9.84 Å². The number of rotatable bonds is 3. The van der Waals surface area contributed by atoms with E-state index in [2.05, 4.69) is 15.9 Å². The van der Waals surface area contributed by atoms with E-state index < -0.39 is 15.9 Å². The lowest BCUT2D eigenvalue weighted by molar-refractivity contribution is 0.0607. The average molecular weight is 323 g/mol. The minimum absolute atomic E-state index is 0.00261. The summed E-state index contributed by atoms with van der Waals surface area (Å²) in [5, 5.41) is 0. The Hall–Kier alpha value is -0.460. The molecule has 2 rings (SSSR count). The molecule has 2 atom stereocenters. The van der Waals surface area contributed by atoms with Crippen molar-refractivity contribution in [3.63, 3.8) is 0 Å². The maximum atomic E-state index is 13.3. The number of ether oxygens (including phenoxy) is 1. The first-order valence-electron chi connectivity index (χ1n) is 5.17. The van der Waals surface area contributed by atoms with Crippen molar-refractivity contribution < 1.29 is 17.5 Å². The monoisotopic (exact) mass is 322 g/mol. The Bertz CT molecular complexity index is 503. The summed E-state index contributed by atoms with van der Waals surface area (Å²) in [5.41, 5.74) is 0.441. The number of benzene rings is 1. The molecule has 0 saturated carbocycles. The smallest absolute Gasteiger partial charge is 0.154 e. The van der Waals surface area contributed by atoms with Gasteiger partial charge in [0.2, 0.25) is 0 Å². The van der Waals surface area contributed by atoms with Crippen LogP contribution in [0.1, 0.15) is 5.56 Å². The van der Waals surface area contributed by atoms with E-state index in [4.69, 9.17) is 4.74 Å². The summed E-state index contributed by atoms with van der Waals surface area (Å²) in [6, 6.07) is 6.31. The van der Waals surface area contributed by atoms with E-state index in [0.29, 0.717) is 5.56 Å². The second kappa shape index (κ2) is 5.04. The number of hydrogen-bond donors (Lipinski definition) is 0. The van der Waals surface area contributed by atoms with Gasteiger partial charge in [0.1, 0.15) is 5.82 Å². The Morgan fingerprint density at radius 3 is 2.65 bits per heavy atom. The third-order valence-corrected chi connectivity index (χ3v) is 5.69. The molecule has 0 bridgehead atoms. The molecule has 0 aromatic heterocycles. The maximum Gasteiger partial charge on any atom is 0.154 e. The Morgan fingerprint density at radius 2 is 2.06 bits per heavy atom. The van der Waals surface area contributed by atoms with Crippen LogP contribution in [0.2, 0.25) is 0 Å². The largest absolute Gasteiger partial charge is 0.371 e. The lowest BCUT2D eigenvalue weighted by Crippen LogP contribution is -2.22. The summed E-state index contributed by atoms with van der Waals surface area (Å²) in [5.74, 6) is -0.258. The van der Waals surface area contributed by atoms with Crippen LogP contribution in [0.15, 0.2) is 24.3 Å². The van der Waals surface area contributed by atoms with E-state index in [0.717, 1.165) is 0 Å². The average Bonchev–Trinajstić information content (AvgIpc) is 2.51. The molecule has 1 heterocycles. The molecule has 1 aliphatic heterocycles. The van der Waals surface area contributed by atoms with Crippen molar-refractivity contribution in [1.29, 1.82) is 0 Å². The van der Waals surface area contributed by atoms with E-state index in [-0.39, 0.29) is 28.8 Å². The zero-order valence-corrected chi connectivity index (χ0v) is 11.4. The number of halogens is 2. The van der Waals surface area contributed by atoms with Crippen LogP contribution in [-0.4, -0.2) is 30.9 Å². The predicted octanol–water partition coefficient (Wildman–Crippen LogP) is 1.90. The fourth-order valence-electron chi connectivity index (χ4n) is 1.74. The summed E-state index contributed by atoms with van der Waals surface area (Å²) < 4.78 is 41.4. The van der Waals surface area contributed by atoms with Crippen molar-refractivity contribution in [3.05, 3.63) is 35.6 Å². The van der Waals surface area contributed by atoms with Gasteiger partial charge in [-0.05, 0) is 6.07 Å². The maximum absolute atomic E-state index is 13.3.